The third kappa shape index (κ3) is 6.38. The molecule has 0 amide bonds. The number of rotatable bonds is 10. The molecule has 0 fully saturated rings. The number of aromatic nitrogens is 3. The van der Waals surface area contributed by atoms with E-state index in [-0.39, 0.29) is 0 Å². The van der Waals surface area contributed by atoms with E-state index in [1.54, 1.807) is 7.11 Å². The number of aliphatic imine (C=N–C) groups is 1. The molecule has 1 heterocycles. The summed E-state index contributed by atoms with van der Waals surface area (Å²) in [6.07, 6.45) is 4.93. The van der Waals surface area contributed by atoms with Crippen molar-refractivity contribution in [2.45, 2.75) is 46.1 Å². The summed E-state index contributed by atoms with van der Waals surface area (Å²) in [5, 5.41) is 13.9. The molecule has 0 saturated heterocycles. The Labute approximate surface area is 155 Å². The molecule has 0 spiro atoms. The number of benzene rings is 1. The minimum absolute atomic E-state index is 0.452. The van der Waals surface area contributed by atoms with E-state index >= 15 is 0 Å². The minimum atomic E-state index is 0.452. The summed E-state index contributed by atoms with van der Waals surface area (Å²) in [6.45, 7) is 6.49. The standard InChI is InChI=1S/C19H30N6O/c1-4-6-7-8-13-21-19(20-5-2)22-14-17-23-18(25-24-17)15-9-11-16(26-3)12-10-15/h9-12H,4-8,13-14H2,1-3H3,(H2,20,21,22)(H,23,24,25). The van der Waals surface area contributed by atoms with Gasteiger partial charge < -0.3 is 15.4 Å². The zero-order chi connectivity index (χ0) is 18.6. The van der Waals surface area contributed by atoms with E-state index in [4.69, 9.17) is 4.74 Å². The van der Waals surface area contributed by atoms with E-state index in [1.807, 2.05) is 24.3 Å². The van der Waals surface area contributed by atoms with Gasteiger partial charge in [0, 0.05) is 18.7 Å². The zero-order valence-electron chi connectivity index (χ0n) is 16.0. The average Bonchev–Trinajstić information content (AvgIpc) is 3.15. The molecule has 1 aromatic carbocycles. The Hall–Kier alpha value is -2.57. The number of guanidine groups is 1. The first-order chi connectivity index (χ1) is 12.8. The van der Waals surface area contributed by atoms with E-state index in [0.29, 0.717) is 12.4 Å². The Balaban J connectivity index is 1.91. The molecule has 2 rings (SSSR count). The van der Waals surface area contributed by atoms with E-state index in [0.717, 1.165) is 42.6 Å². The van der Waals surface area contributed by atoms with Crippen molar-refractivity contribution in [3.63, 3.8) is 0 Å². The number of nitrogens with one attached hydrogen (secondary N) is 3. The third-order valence-corrected chi connectivity index (χ3v) is 3.93. The van der Waals surface area contributed by atoms with Gasteiger partial charge in [-0.2, -0.15) is 5.10 Å². The highest BCUT2D eigenvalue weighted by Crippen LogP contribution is 2.18. The van der Waals surface area contributed by atoms with Crippen LogP contribution in [0.15, 0.2) is 29.3 Å². The average molecular weight is 358 g/mol. The van der Waals surface area contributed by atoms with Crippen molar-refractivity contribution < 1.29 is 4.74 Å². The summed E-state index contributed by atoms with van der Waals surface area (Å²) >= 11 is 0. The SMILES string of the molecule is CCCCCCNC(=NCc1nc(-c2ccc(OC)cc2)n[nH]1)NCC. The van der Waals surface area contributed by atoms with Gasteiger partial charge in [0.25, 0.3) is 0 Å². The number of hydrogen-bond acceptors (Lipinski definition) is 4. The normalized spacial score (nSPS) is 11.4. The van der Waals surface area contributed by atoms with Crippen LogP contribution >= 0.6 is 0 Å². The van der Waals surface area contributed by atoms with Crippen molar-refractivity contribution in [2.24, 2.45) is 4.99 Å². The predicted molar refractivity (Wildman–Crippen MR) is 105 cm³/mol. The van der Waals surface area contributed by atoms with Gasteiger partial charge in [-0.1, -0.05) is 26.2 Å². The molecule has 0 radical (unpaired) electrons. The Morgan fingerprint density at radius 1 is 1.12 bits per heavy atom. The van der Waals surface area contributed by atoms with Gasteiger partial charge in [-0.25, -0.2) is 9.98 Å². The predicted octanol–water partition coefficient (Wildman–Crippen LogP) is 3.12. The summed E-state index contributed by atoms with van der Waals surface area (Å²) in [5.41, 5.74) is 0.943. The second kappa shape index (κ2) is 11.1. The van der Waals surface area contributed by atoms with Crippen molar-refractivity contribution in [2.75, 3.05) is 20.2 Å². The van der Waals surface area contributed by atoms with Gasteiger partial charge in [-0.3, -0.25) is 5.10 Å². The first-order valence-electron chi connectivity index (χ1n) is 9.34. The van der Waals surface area contributed by atoms with Crippen molar-refractivity contribution in [1.82, 2.24) is 25.8 Å². The monoisotopic (exact) mass is 358 g/mol. The highest BCUT2D eigenvalue weighted by atomic mass is 16.5. The molecule has 2 aromatic rings. The maximum atomic E-state index is 5.17. The Morgan fingerprint density at radius 3 is 2.62 bits per heavy atom. The summed E-state index contributed by atoms with van der Waals surface area (Å²) < 4.78 is 5.17. The lowest BCUT2D eigenvalue weighted by Crippen LogP contribution is -2.37. The van der Waals surface area contributed by atoms with E-state index in [9.17, 15) is 0 Å². The van der Waals surface area contributed by atoms with Crippen LogP contribution in [0.25, 0.3) is 11.4 Å². The lowest BCUT2D eigenvalue weighted by atomic mass is 10.2. The van der Waals surface area contributed by atoms with Crippen LogP contribution in [0, 0.1) is 0 Å². The summed E-state index contributed by atoms with van der Waals surface area (Å²) in [5.74, 6) is 3.02. The number of unbranched alkanes of at least 4 members (excludes halogenated alkanes) is 3. The third-order valence-electron chi connectivity index (χ3n) is 3.93. The number of methoxy groups -OCH3 is 1. The van der Waals surface area contributed by atoms with Crippen LogP contribution in [0.4, 0.5) is 0 Å². The van der Waals surface area contributed by atoms with Crippen LogP contribution in [-0.2, 0) is 6.54 Å². The van der Waals surface area contributed by atoms with Gasteiger partial charge in [0.1, 0.15) is 18.1 Å². The quantitative estimate of drug-likeness (QED) is 0.345. The van der Waals surface area contributed by atoms with E-state index in [2.05, 4.69) is 44.7 Å². The second-order valence-corrected chi connectivity index (χ2v) is 6.02. The van der Waals surface area contributed by atoms with Crippen LogP contribution in [-0.4, -0.2) is 41.3 Å². The Bertz CT molecular complexity index is 665. The van der Waals surface area contributed by atoms with Gasteiger partial charge >= 0.3 is 0 Å². The molecule has 142 valence electrons. The summed E-state index contributed by atoms with van der Waals surface area (Å²) in [4.78, 5) is 9.10. The van der Waals surface area contributed by atoms with Crippen LogP contribution in [0.2, 0.25) is 0 Å². The minimum Gasteiger partial charge on any atom is -0.497 e. The molecule has 3 N–H and O–H groups in total. The van der Waals surface area contributed by atoms with Crippen LogP contribution in [0.1, 0.15) is 45.4 Å². The number of hydrogen-bond donors (Lipinski definition) is 3. The molecule has 0 unspecified atom stereocenters. The summed E-state index contributed by atoms with van der Waals surface area (Å²) in [6, 6.07) is 7.68. The maximum Gasteiger partial charge on any atom is 0.191 e. The zero-order valence-corrected chi connectivity index (χ0v) is 16.0. The lowest BCUT2D eigenvalue weighted by molar-refractivity contribution is 0.415. The lowest BCUT2D eigenvalue weighted by Gasteiger charge is -2.10. The van der Waals surface area contributed by atoms with Crippen LogP contribution < -0.4 is 15.4 Å². The molecule has 7 heteroatoms. The fourth-order valence-electron chi connectivity index (χ4n) is 2.49. The first kappa shape index (κ1) is 19.8. The van der Waals surface area contributed by atoms with Crippen LogP contribution in [0.5, 0.6) is 5.75 Å². The first-order valence-corrected chi connectivity index (χ1v) is 9.34. The smallest absolute Gasteiger partial charge is 0.191 e. The Morgan fingerprint density at radius 2 is 1.92 bits per heavy atom. The molecule has 7 nitrogen and oxygen atoms in total. The molecular formula is C19H30N6O. The molecular weight excluding hydrogens is 328 g/mol. The highest BCUT2D eigenvalue weighted by Gasteiger charge is 2.06. The molecule has 1 aromatic heterocycles. The molecule has 0 bridgehead atoms. The fourth-order valence-corrected chi connectivity index (χ4v) is 2.49. The molecule has 0 aliphatic heterocycles. The number of nitrogens with zero attached hydrogens (tertiary/aromatic N) is 3. The van der Waals surface area contributed by atoms with Crippen LogP contribution in [0.3, 0.4) is 0 Å². The molecule has 0 aliphatic carbocycles. The van der Waals surface area contributed by atoms with Crippen molar-refractivity contribution in [3.05, 3.63) is 30.1 Å². The number of ether oxygens (including phenoxy) is 1. The van der Waals surface area contributed by atoms with Gasteiger partial charge in [0.15, 0.2) is 11.8 Å². The molecule has 0 atom stereocenters. The second-order valence-electron chi connectivity index (χ2n) is 6.02. The molecule has 0 aliphatic rings. The molecule has 0 saturated carbocycles. The van der Waals surface area contributed by atoms with Gasteiger partial charge in [0.05, 0.1) is 7.11 Å². The number of H-pyrrole nitrogens is 1. The molecule has 26 heavy (non-hydrogen) atoms. The van der Waals surface area contributed by atoms with Crippen molar-refractivity contribution in [1.29, 1.82) is 0 Å². The summed E-state index contributed by atoms with van der Waals surface area (Å²) in [7, 11) is 1.65. The van der Waals surface area contributed by atoms with E-state index < -0.39 is 0 Å². The fraction of sp³-hybridized carbons (Fsp3) is 0.526. The Kier molecular flexibility index (Phi) is 8.45. The van der Waals surface area contributed by atoms with Gasteiger partial charge in [-0.05, 0) is 37.6 Å². The van der Waals surface area contributed by atoms with E-state index in [1.165, 1.54) is 19.3 Å². The van der Waals surface area contributed by atoms with Gasteiger partial charge in [-0.15, -0.1) is 0 Å². The van der Waals surface area contributed by atoms with Crippen molar-refractivity contribution >= 4 is 5.96 Å². The number of aromatic amines is 1. The topological polar surface area (TPSA) is 87.2 Å². The maximum absolute atomic E-state index is 5.17. The van der Waals surface area contributed by atoms with Gasteiger partial charge in [0.2, 0.25) is 0 Å². The largest absolute Gasteiger partial charge is 0.497 e. The van der Waals surface area contributed by atoms with Crippen molar-refractivity contribution in [3.8, 4) is 17.1 Å². The highest BCUT2D eigenvalue weighted by molar-refractivity contribution is 5.79.